The van der Waals surface area contributed by atoms with E-state index in [0.29, 0.717) is 18.5 Å². The number of amides is 2. The normalized spacial score (nSPS) is 29.4. The van der Waals surface area contributed by atoms with Crippen molar-refractivity contribution in [1.29, 1.82) is 0 Å². The van der Waals surface area contributed by atoms with E-state index in [0.717, 1.165) is 19.3 Å². The number of nitrogens with one attached hydrogen (secondary N) is 2. The second-order valence-electron chi connectivity index (χ2n) is 7.11. The quantitative estimate of drug-likeness (QED) is 0.832. The summed E-state index contributed by atoms with van der Waals surface area (Å²) in [5, 5.41) is 6.05. The van der Waals surface area contributed by atoms with Gasteiger partial charge in [0.25, 0.3) is 0 Å². The fourth-order valence-corrected chi connectivity index (χ4v) is 3.75. The fourth-order valence-electron chi connectivity index (χ4n) is 3.75. The molecule has 2 atom stereocenters. The van der Waals surface area contributed by atoms with Crippen LogP contribution in [0.15, 0.2) is 0 Å². The molecule has 0 aliphatic heterocycles. The van der Waals surface area contributed by atoms with Crippen LogP contribution < -0.4 is 10.6 Å². The Labute approximate surface area is 122 Å². The van der Waals surface area contributed by atoms with Crippen molar-refractivity contribution in [3.63, 3.8) is 0 Å². The van der Waals surface area contributed by atoms with Crippen LogP contribution in [0.2, 0.25) is 0 Å². The van der Waals surface area contributed by atoms with Gasteiger partial charge in [-0.3, -0.25) is 4.79 Å². The molecule has 2 fully saturated rings. The van der Waals surface area contributed by atoms with Gasteiger partial charge in [0, 0.05) is 18.5 Å². The second-order valence-corrected chi connectivity index (χ2v) is 7.11. The molecule has 0 radical (unpaired) electrons. The topological polar surface area (TPSA) is 58.2 Å². The minimum atomic E-state index is -0.0426. The highest BCUT2D eigenvalue weighted by Crippen LogP contribution is 2.51. The summed E-state index contributed by atoms with van der Waals surface area (Å²) in [5.74, 6) is 0.849. The van der Waals surface area contributed by atoms with Crippen molar-refractivity contribution in [3.8, 4) is 0 Å². The van der Waals surface area contributed by atoms with Crippen molar-refractivity contribution >= 4 is 11.8 Å². The number of hydrogen-bond donors (Lipinski definition) is 2. The summed E-state index contributed by atoms with van der Waals surface area (Å²) in [6.07, 6.45) is 6.86. The molecule has 2 amide bonds. The van der Waals surface area contributed by atoms with Gasteiger partial charge in [-0.1, -0.05) is 33.1 Å². The summed E-state index contributed by atoms with van der Waals surface area (Å²) in [5.41, 5.74) is 0.0178. The molecule has 0 aromatic rings. The first-order valence-electron chi connectivity index (χ1n) is 7.96. The Morgan fingerprint density at radius 1 is 1.15 bits per heavy atom. The Bertz CT molecular complexity index is 373. The van der Waals surface area contributed by atoms with Crippen molar-refractivity contribution in [2.24, 2.45) is 17.3 Å². The Morgan fingerprint density at radius 2 is 1.80 bits per heavy atom. The average Bonchev–Trinajstić information content (AvgIpc) is 2.38. The van der Waals surface area contributed by atoms with Crippen LogP contribution in [0.4, 0.5) is 4.79 Å². The monoisotopic (exact) mass is 280 g/mol. The van der Waals surface area contributed by atoms with E-state index in [1.807, 2.05) is 0 Å². The van der Waals surface area contributed by atoms with E-state index in [1.165, 1.54) is 19.3 Å². The average molecular weight is 280 g/mol. The van der Waals surface area contributed by atoms with E-state index >= 15 is 0 Å². The highest BCUT2D eigenvalue weighted by molar-refractivity contribution is 5.80. The predicted molar refractivity (Wildman–Crippen MR) is 79.5 cm³/mol. The summed E-state index contributed by atoms with van der Waals surface area (Å²) < 4.78 is 0. The third-order valence-electron chi connectivity index (χ3n) is 5.41. The van der Waals surface area contributed by atoms with Crippen molar-refractivity contribution in [3.05, 3.63) is 0 Å². The van der Waals surface area contributed by atoms with Crippen LogP contribution in [0.3, 0.4) is 0 Å². The Morgan fingerprint density at radius 3 is 2.35 bits per heavy atom. The highest BCUT2D eigenvalue weighted by atomic mass is 16.2. The third-order valence-corrected chi connectivity index (χ3v) is 5.41. The number of Topliss-reactive ketones (excluding diaryl/α,β-unsaturated/α-hetero) is 1. The maximum atomic E-state index is 11.9. The molecule has 0 aromatic heterocycles. The van der Waals surface area contributed by atoms with Gasteiger partial charge in [0.1, 0.15) is 5.78 Å². The lowest BCUT2D eigenvalue weighted by molar-refractivity contribution is -0.135. The van der Waals surface area contributed by atoms with E-state index in [-0.39, 0.29) is 23.1 Å². The van der Waals surface area contributed by atoms with E-state index in [2.05, 4.69) is 24.5 Å². The number of carbonyl (C=O) groups is 2. The van der Waals surface area contributed by atoms with Crippen LogP contribution in [0.25, 0.3) is 0 Å². The Balaban J connectivity index is 1.70. The largest absolute Gasteiger partial charge is 0.338 e. The first-order valence-corrected chi connectivity index (χ1v) is 7.96. The summed E-state index contributed by atoms with van der Waals surface area (Å²) in [6.45, 7) is 6.61. The van der Waals surface area contributed by atoms with Crippen LogP contribution in [-0.2, 0) is 4.79 Å². The van der Waals surface area contributed by atoms with Crippen LogP contribution in [0.1, 0.15) is 59.3 Å². The van der Waals surface area contributed by atoms with Gasteiger partial charge in [0.05, 0.1) is 0 Å². The fraction of sp³-hybridized carbons (Fsp3) is 0.875. The van der Waals surface area contributed by atoms with E-state index in [4.69, 9.17) is 0 Å². The molecule has 2 N–H and O–H groups in total. The van der Waals surface area contributed by atoms with Gasteiger partial charge in [-0.2, -0.15) is 0 Å². The molecule has 0 heterocycles. The first-order chi connectivity index (χ1) is 9.41. The lowest BCUT2D eigenvalue weighted by atomic mass is 9.53. The number of hydrogen-bond acceptors (Lipinski definition) is 2. The minimum absolute atomic E-state index is 0.0178. The van der Waals surface area contributed by atoms with Gasteiger partial charge in [-0.25, -0.2) is 4.79 Å². The van der Waals surface area contributed by atoms with E-state index in [9.17, 15) is 9.59 Å². The van der Waals surface area contributed by atoms with Gasteiger partial charge in [0.15, 0.2) is 0 Å². The van der Waals surface area contributed by atoms with Crippen LogP contribution in [-0.4, -0.2) is 24.4 Å². The number of ketones is 1. The molecule has 2 saturated carbocycles. The first kappa shape index (κ1) is 15.3. The molecule has 4 nitrogen and oxygen atoms in total. The molecular formula is C16H28N2O2. The van der Waals surface area contributed by atoms with Crippen LogP contribution in [0, 0.1) is 17.3 Å². The van der Waals surface area contributed by atoms with Gasteiger partial charge >= 0.3 is 6.03 Å². The lowest BCUT2D eigenvalue weighted by Gasteiger charge is -2.51. The summed E-state index contributed by atoms with van der Waals surface area (Å²) in [7, 11) is 0. The van der Waals surface area contributed by atoms with Crippen molar-refractivity contribution in [1.82, 2.24) is 10.6 Å². The molecule has 20 heavy (non-hydrogen) atoms. The SMILES string of the molecule is CC(=O)C1CC(CNC(=O)NC2CCCCC2)C1(C)C. The van der Waals surface area contributed by atoms with Gasteiger partial charge in [-0.05, 0) is 37.5 Å². The maximum absolute atomic E-state index is 11.9. The highest BCUT2D eigenvalue weighted by Gasteiger charge is 2.49. The van der Waals surface area contributed by atoms with E-state index < -0.39 is 0 Å². The molecule has 0 spiro atoms. The predicted octanol–water partition coefficient (Wildman–Crippen LogP) is 2.87. The molecular weight excluding hydrogens is 252 g/mol. The number of urea groups is 1. The molecule has 0 saturated heterocycles. The lowest BCUT2D eigenvalue weighted by Crippen LogP contribution is -2.54. The van der Waals surface area contributed by atoms with Crippen molar-refractivity contribution in [2.75, 3.05) is 6.54 Å². The molecule has 114 valence electrons. The number of rotatable bonds is 4. The molecule has 2 unspecified atom stereocenters. The maximum Gasteiger partial charge on any atom is 0.315 e. The molecule has 4 heteroatoms. The zero-order chi connectivity index (χ0) is 14.8. The van der Waals surface area contributed by atoms with Crippen LogP contribution >= 0.6 is 0 Å². The molecule has 2 rings (SSSR count). The molecule has 0 bridgehead atoms. The van der Waals surface area contributed by atoms with Crippen molar-refractivity contribution < 1.29 is 9.59 Å². The second kappa shape index (κ2) is 6.15. The molecule has 2 aliphatic carbocycles. The Kier molecular flexibility index (Phi) is 4.71. The standard InChI is InChI=1S/C16H28N2O2/c1-11(19)14-9-12(16(14,2)3)10-17-15(20)18-13-7-5-4-6-8-13/h12-14H,4-10H2,1-3H3,(H2,17,18,20). The van der Waals surface area contributed by atoms with Gasteiger partial charge in [-0.15, -0.1) is 0 Å². The number of carbonyl (C=O) groups excluding carboxylic acids is 2. The van der Waals surface area contributed by atoms with Crippen molar-refractivity contribution in [2.45, 2.75) is 65.3 Å². The summed E-state index contributed by atoms with van der Waals surface area (Å²) in [4.78, 5) is 23.4. The summed E-state index contributed by atoms with van der Waals surface area (Å²) >= 11 is 0. The van der Waals surface area contributed by atoms with Gasteiger partial charge < -0.3 is 10.6 Å². The zero-order valence-corrected chi connectivity index (χ0v) is 13.0. The van der Waals surface area contributed by atoms with Crippen LogP contribution in [0.5, 0.6) is 0 Å². The zero-order valence-electron chi connectivity index (χ0n) is 13.0. The Hall–Kier alpha value is -1.06. The molecule has 0 aromatic carbocycles. The summed E-state index contributed by atoms with van der Waals surface area (Å²) in [6, 6.07) is 0.307. The van der Waals surface area contributed by atoms with Gasteiger partial charge in [0.2, 0.25) is 0 Å². The minimum Gasteiger partial charge on any atom is -0.338 e. The third kappa shape index (κ3) is 3.33. The smallest absolute Gasteiger partial charge is 0.315 e. The van der Waals surface area contributed by atoms with E-state index in [1.54, 1.807) is 6.92 Å². The molecule has 2 aliphatic rings.